The topological polar surface area (TPSA) is 63.1 Å². The van der Waals surface area contributed by atoms with E-state index in [0.717, 1.165) is 23.1 Å². The highest BCUT2D eigenvalue weighted by Gasteiger charge is 2.13. The molecule has 1 aromatic carbocycles. The van der Waals surface area contributed by atoms with Gasteiger partial charge in [0.1, 0.15) is 6.33 Å². The van der Waals surface area contributed by atoms with Crippen molar-refractivity contribution in [2.75, 3.05) is 0 Å². The Hall–Kier alpha value is -2.23. The summed E-state index contributed by atoms with van der Waals surface area (Å²) in [5.41, 5.74) is 3.06. The van der Waals surface area contributed by atoms with Gasteiger partial charge in [0.15, 0.2) is 0 Å². The largest absolute Gasteiger partial charge is 0.481 e. The minimum atomic E-state index is -0.757. The first kappa shape index (κ1) is 13.2. The number of rotatable bonds is 5. The summed E-state index contributed by atoms with van der Waals surface area (Å²) in [7, 11) is 0. The Morgan fingerprint density at radius 2 is 1.79 bits per heavy atom. The number of aliphatic carboxylic acids is 1. The lowest BCUT2D eigenvalue weighted by Gasteiger charge is -2.13. The highest BCUT2D eigenvalue weighted by Crippen LogP contribution is 2.26. The lowest BCUT2D eigenvalue weighted by Crippen LogP contribution is -2.05. The Bertz CT molecular complexity index is 538. The molecule has 0 saturated heterocycles. The standard InChI is InChI=1S/C15H16N2O2/c1-2-11(7-15(18)19)12-3-5-13(6-4-12)14-8-16-10-17-9-14/h3-6,8-11H,2,7H2,1H3,(H,18,19). The summed E-state index contributed by atoms with van der Waals surface area (Å²) in [6, 6.07) is 7.94. The Kier molecular flexibility index (Phi) is 4.23. The molecule has 19 heavy (non-hydrogen) atoms. The number of benzene rings is 1. The van der Waals surface area contributed by atoms with Crippen LogP contribution in [0, 0.1) is 0 Å². The van der Waals surface area contributed by atoms with Crippen molar-refractivity contribution in [3.05, 3.63) is 48.5 Å². The van der Waals surface area contributed by atoms with E-state index in [1.807, 2.05) is 31.2 Å². The second kappa shape index (κ2) is 6.09. The van der Waals surface area contributed by atoms with Gasteiger partial charge >= 0.3 is 5.97 Å². The van der Waals surface area contributed by atoms with Gasteiger partial charge in [-0.2, -0.15) is 0 Å². The molecule has 0 saturated carbocycles. The predicted molar refractivity (Wildman–Crippen MR) is 72.8 cm³/mol. The Morgan fingerprint density at radius 1 is 1.16 bits per heavy atom. The van der Waals surface area contributed by atoms with E-state index in [1.165, 1.54) is 6.33 Å². The molecule has 4 nitrogen and oxygen atoms in total. The molecule has 0 spiro atoms. The number of carboxylic acid groups (broad SMARTS) is 1. The van der Waals surface area contributed by atoms with Crippen molar-refractivity contribution >= 4 is 5.97 Å². The van der Waals surface area contributed by atoms with Gasteiger partial charge in [-0.15, -0.1) is 0 Å². The van der Waals surface area contributed by atoms with E-state index < -0.39 is 5.97 Å². The van der Waals surface area contributed by atoms with Crippen LogP contribution in [0.2, 0.25) is 0 Å². The molecular weight excluding hydrogens is 240 g/mol. The van der Waals surface area contributed by atoms with Crippen LogP contribution in [0.1, 0.15) is 31.2 Å². The van der Waals surface area contributed by atoms with E-state index in [9.17, 15) is 4.79 Å². The van der Waals surface area contributed by atoms with Crippen molar-refractivity contribution in [1.29, 1.82) is 0 Å². The normalized spacial score (nSPS) is 12.1. The number of aromatic nitrogens is 2. The highest BCUT2D eigenvalue weighted by molar-refractivity contribution is 5.68. The van der Waals surface area contributed by atoms with Gasteiger partial charge in [0.05, 0.1) is 6.42 Å². The first-order valence-corrected chi connectivity index (χ1v) is 6.28. The summed E-state index contributed by atoms with van der Waals surface area (Å²) in [6.07, 6.45) is 6.01. The molecule has 2 aromatic rings. The number of hydrogen-bond acceptors (Lipinski definition) is 3. The zero-order valence-corrected chi connectivity index (χ0v) is 10.8. The molecule has 98 valence electrons. The van der Waals surface area contributed by atoms with Gasteiger partial charge in [-0.3, -0.25) is 4.79 Å². The second-order valence-corrected chi connectivity index (χ2v) is 4.45. The summed E-state index contributed by atoms with van der Waals surface area (Å²) in [5.74, 6) is -0.689. The molecule has 1 unspecified atom stereocenters. The molecule has 1 atom stereocenters. The summed E-state index contributed by atoms with van der Waals surface area (Å²) < 4.78 is 0. The maximum absolute atomic E-state index is 10.8. The zero-order chi connectivity index (χ0) is 13.7. The summed E-state index contributed by atoms with van der Waals surface area (Å²) in [5, 5.41) is 8.89. The summed E-state index contributed by atoms with van der Waals surface area (Å²) in [6.45, 7) is 2.01. The minimum Gasteiger partial charge on any atom is -0.481 e. The zero-order valence-electron chi connectivity index (χ0n) is 10.8. The molecule has 0 fully saturated rings. The van der Waals surface area contributed by atoms with Crippen molar-refractivity contribution < 1.29 is 9.90 Å². The van der Waals surface area contributed by atoms with Crippen LogP contribution < -0.4 is 0 Å². The van der Waals surface area contributed by atoms with Crippen LogP contribution in [0.15, 0.2) is 43.0 Å². The molecule has 0 amide bonds. The Morgan fingerprint density at radius 3 is 2.32 bits per heavy atom. The fraction of sp³-hybridized carbons (Fsp3) is 0.267. The van der Waals surface area contributed by atoms with E-state index >= 15 is 0 Å². The van der Waals surface area contributed by atoms with Gasteiger partial charge in [0.2, 0.25) is 0 Å². The van der Waals surface area contributed by atoms with E-state index in [4.69, 9.17) is 5.11 Å². The molecule has 1 heterocycles. The number of hydrogen-bond donors (Lipinski definition) is 1. The van der Waals surface area contributed by atoms with Crippen molar-refractivity contribution in [2.45, 2.75) is 25.7 Å². The first-order valence-electron chi connectivity index (χ1n) is 6.28. The molecular formula is C15H16N2O2. The molecule has 0 aliphatic carbocycles. The quantitative estimate of drug-likeness (QED) is 0.892. The van der Waals surface area contributed by atoms with Crippen LogP contribution in [-0.4, -0.2) is 21.0 Å². The van der Waals surface area contributed by atoms with Gasteiger partial charge in [0, 0.05) is 18.0 Å². The maximum atomic E-state index is 10.8. The predicted octanol–water partition coefficient (Wildman–Crippen LogP) is 3.11. The van der Waals surface area contributed by atoms with Crippen LogP contribution in [0.3, 0.4) is 0 Å². The number of carbonyl (C=O) groups is 1. The lowest BCUT2D eigenvalue weighted by atomic mass is 9.92. The van der Waals surface area contributed by atoms with Crippen molar-refractivity contribution in [1.82, 2.24) is 9.97 Å². The summed E-state index contributed by atoms with van der Waals surface area (Å²) >= 11 is 0. The fourth-order valence-electron chi connectivity index (χ4n) is 2.10. The molecule has 0 bridgehead atoms. The van der Waals surface area contributed by atoms with Crippen molar-refractivity contribution in [3.8, 4) is 11.1 Å². The minimum absolute atomic E-state index is 0.0681. The fourth-order valence-corrected chi connectivity index (χ4v) is 2.10. The van der Waals surface area contributed by atoms with Crippen LogP contribution in [-0.2, 0) is 4.79 Å². The average Bonchev–Trinajstić information content (AvgIpc) is 2.46. The Labute approximate surface area is 112 Å². The van der Waals surface area contributed by atoms with Crippen LogP contribution in [0.4, 0.5) is 0 Å². The van der Waals surface area contributed by atoms with Gasteiger partial charge in [-0.25, -0.2) is 9.97 Å². The van der Waals surface area contributed by atoms with Gasteiger partial charge < -0.3 is 5.11 Å². The average molecular weight is 256 g/mol. The van der Waals surface area contributed by atoms with E-state index in [-0.39, 0.29) is 12.3 Å². The number of carboxylic acids is 1. The lowest BCUT2D eigenvalue weighted by molar-refractivity contribution is -0.137. The third-order valence-electron chi connectivity index (χ3n) is 3.19. The third-order valence-corrected chi connectivity index (χ3v) is 3.19. The van der Waals surface area contributed by atoms with E-state index in [0.29, 0.717) is 0 Å². The molecule has 0 aliphatic rings. The highest BCUT2D eigenvalue weighted by atomic mass is 16.4. The van der Waals surface area contributed by atoms with Crippen LogP contribution in [0.5, 0.6) is 0 Å². The van der Waals surface area contributed by atoms with E-state index in [2.05, 4.69) is 9.97 Å². The van der Waals surface area contributed by atoms with Gasteiger partial charge in [-0.1, -0.05) is 31.2 Å². The third kappa shape index (κ3) is 3.37. The maximum Gasteiger partial charge on any atom is 0.303 e. The van der Waals surface area contributed by atoms with Crippen molar-refractivity contribution in [3.63, 3.8) is 0 Å². The van der Waals surface area contributed by atoms with Crippen molar-refractivity contribution in [2.24, 2.45) is 0 Å². The van der Waals surface area contributed by atoms with Gasteiger partial charge in [0.25, 0.3) is 0 Å². The van der Waals surface area contributed by atoms with Crippen LogP contribution >= 0.6 is 0 Å². The van der Waals surface area contributed by atoms with Crippen LogP contribution in [0.25, 0.3) is 11.1 Å². The van der Waals surface area contributed by atoms with E-state index in [1.54, 1.807) is 12.4 Å². The molecule has 4 heteroatoms. The molecule has 2 rings (SSSR count). The SMILES string of the molecule is CCC(CC(=O)O)c1ccc(-c2cncnc2)cc1. The molecule has 0 aliphatic heterocycles. The summed E-state index contributed by atoms with van der Waals surface area (Å²) in [4.78, 5) is 18.8. The Balaban J connectivity index is 2.20. The van der Waals surface area contributed by atoms with Gasteiger partial charge in [-0.05, 0) is 23.5 Å². The molecule has 1 N–H and O–H groups in total. The smallest absolute Gasteiger partial charge is 0.303 e. The molecule has 0 radical (unpaired) electrons. The first-order chi connectivity index (χ1) is 9.20. The molecule has 1 aromatic heterocycles. The number of nitrogens with zero attached hydrogens (tertiary/aromatic N) is 2. The monoisotopic (exact) mass is 256 g/mol. The second-order valence-electron chi connectivity index (χ2n) is 4.45.